The number of ether oxygens (including phenoxy) is 1. The zero-order valence-corrected chi connectivity index (χ0v) is 14.5. The summed E-state index contributed by atoms with van der Waals surface area (Å²) in [5.41, 5.74) is 2.13. The molecule has 0 spiro atoms. The fraction of sp³-hybridized carbons (Fsp3) is 0.263. The molecule has 0 saturated heterocycles. The van der Waals surface area contributed by atoms with E-state index in [0.29, 0.717) is 17.8 Å². The Morgan fingerprint density at radius 1 is 0.920 bits per heavy atom. The Morgan fingerprint density at radius 3 is 2.16 bits per heavy atom. The maximum absolute atomic E-state index is 12.1. The highest BCUT2D eigenvalue weighted by Crippen LogP contribution is 2.16. The maximum Gasteiger partial charge on any atom is 0.243 e. The van der Waals surface area contributed by atoms with E-state index < -0.39 is 0 Å². The Hall–Kier alpha value is -3.02. The predicted octanol–water partition coefficient (Wildman–Crippen LogP) is 3.48. The number of hydrogen-bond donors (Lipinski definition) is 3. The highest BCUT2D eigenvalue weighted by molar-refractivity contribution is 5.95. The van der Waals surface area contributed by atoms with Gasteiger partial charge in [-0.25, -0.2) is 0 Å². The van der Waals surface area contributed by atoms with Crippen LogP contribution in [-0.4, -0.2) is 25.5 Å². The molecule has 132 valence electrons. The van der Waals surface area contributed by atoms with Gasteiger partial charge in [-0.3, -0.25) is 9.59 Å². The summed E-state index contributed by atoms with van der Waals surface area (Å²) in [5, 5.41) is 8.65. The van der Waals surface area contributed by atoms with E-state index >= 15 is 0 Å². The molecule has 0 aliphatic rings. The Kier molecular flexibility index (Phi) is 6.83. The largest absolute Gasteiger partial charge is 0.497 e. The number of carbonyl (C=O) groups is 2. The zero-order chi connectivity index (χ0) is 18.1. The lowest BCUT2D eigenvalue weighted by molar-refractivity contribution is -0.116. The molecule has 3 N–H and O–H groups in total. The smallest absolute Gasteiger partial charge is 0.243 e. The van der Waals surface area contributed by atoms with Crippen LogP contribution in [0.5, 0.6) is 5.75 Å². The topological polar surface area (TPSA) is 79.5 Å². The van der Waals surface area contributed by atoms with Gasteiger partial charge in [0, 0.05) is 23.5 Å². The lowest BCUT2D eigenvalue weighted by atomic mass is 10.2. The van der Waals surface area contributed by atoms with Crippen molar-refractivity contribution in [3.05, 3.63) is 48.5 Å². The normalized spacial score (nSPS) is 10.0. The van der Waals surface area contributed by atoms with Gasteiger partial charge in [0.1, 0.15) is 5.75 Å². The van der Waals surface area contributed by atoms with Gasteiger partial charge in [0.05, 0.1) is 13.7 Å². The van der Waals surface area contributed by atoms with E-state index in [1.165, 1.54) is 0 Å². The molecular weight excluding hydrogens is 318 g/mol. The van der Waals surface area contributed by atoms with E-state index in [1.54, 1.807) is 31.4 Å². The molecule has 2 aromatic carbocycles. The molecule has 0 atom stereocenters. The number of methoxy groups -OCH3 is 1. The molecule has 25 heavy (non-hydrogen) atoms. The molecule has 0 bridgehead atoms. The SMILES string of the molecule is CCCC(=O)Nc1cccc(NC(=O)CNc2ccc(OC)cc2)c1. The lowest BCUT2D eigenvalue weighted by Crippen LogP contribution is -2.21. The van der Waals surface area contributed by atoms with Crippen LogP contribution in [0, 0.1) is 0 Å². The number of hydrogen-bond acceptors (Lipinski definition) is 4. The van der Waals surface area contributed by atoms with Gasteiger partial charge in [0.15, 0.2) is 0 Å². The average Bonchev–Trinajstić information content (AvgIpc) is 2.61. The van der Waals surface area contributed by atoms with Crippen LogP contribution in [0.2, 0.25) is 0 Å². The zero-order valence-electron chi connectivity index (χ0n) is 14.5. The summed E-state index contributed by atoms with van der Waals surface area (Å²) >= 11 is 0. The third kappa shape index (κ3) is 6.18. The predicted molar refractivity (Wildman–Crippen MR) is 100 cm³/mol. The standard InChI is InChI=1S/C19H23N3O3/c1-3-5-18(23)21-15-6-4-7-16(12-15)22-19(24)13-20-14-8-10-17(25-2)11-9-14/h4,6-12,20H,3,5,13H2,1-2H3,(H,21,23)(H,22,24). The van der Waals surface area contributed by atoms with Crippen LogP contribution in [0.1, 0.15) is 19.8 Å². The highest BCUT2D eigenvalue weighted by Gasteiger charge is 2.05. The Bertz CT molecular complexity index is 714. The first-order valence-electron chi connectivity index (χ1n) is 8.18. The Balaban J connectivity index is 1.86. The van der Waals surface area contributed by atoms with Gasteiger partial charge in [-0.1, -0.05) is 13.0 Å². The van der Waals surface area contributed by atoms with Crippen LogP contribution in [0.3, 0.4) is 0 Å². The molecule has 2 aromatic rings. The summed E-state index contributed by atoms with van der Waals surface area (Å²) in [4.78, 5) is 23.7. The van der Waals surface area contributed by atoms with Crippen LogP contribution in [0.4, 0.5) is 17.1 Å². The van der Waals surface area contributed by atoms with Crippen molar-refractivity contribution < 1.29 is 14.3 Å². The van der Waals surface area contributed by atoms with E-state index in [1.807, 2.05) is 31.2 Å². The van der Waals surface area contributed by atoms with Gasteiger partial charge in [0.25, 0.3) is 0 Å². The summed E-state index contributed by atoms with van der Waals surface area (Å²) in [5.74, 6) is 0.553. The molecule has 0 saturated carbocycles. The van der Waals surface area contributed by atoms with Gasteiger partial charge in [-0.05, 0) is 48.9 Å². The van der Waals surface area contributed by atoms with Gasteiger partial charge >= 0.3 is 0 Å². The van der Waals surface area contributed by atoms with Crippen LogP contribution in [0.15, 0.2) is 48.5 Å². The van der Waals surface area contributed by atoms with E-state index in [0.717, 1.165) is 17.9 Å². The van der Waals surface area contributed by atoms with Gasteiger partial charge in [0.2, 0.25) is 11.8 Å². The number of benzene rings is 2. The first-order valence-corrected chi connectivity index (χ1v) is 8.18. The Labute approximate surface area is 147 Å². The number of carbonyl (C=O) groups excluding carboxylic acids is 2. The Morgan fingerprint density at radius 2 is 1.56 bits per heavy atom. The molecule has 6 nitrogen and oxygen atoms in total. The summed E-state index contributed by atoms with van der Waals surface area (Å²) in [6, 6.07) is 14.4. The number of nitrogens with one attached hydrogen (secondary N) is 3. The summed E-state index contributed by atoms with van der Waals surface area (Å²) in [7, 11) is 1.61. The van der Waals surface area contributed by atoms with Gasteiger partial charge < -0.3 is 20.7 Å². The first kappa shape index (κ1) is 18.3. The van der Waals surface area contributed by atoms with Crippen molar-refractivity contribution in [2.75, 3.05) is 29.6 Å². The molecule has 2 rings (SSSR count). The molecule has 0 radical (unpaired) electrons. The third-order valence-corrected chi connectivity index (χ3v) is 3.45. The first-order chi connectivity index (χ1) is 12.1. The number of rotatable bonds is 8. The van der Waals surface area contributed by atoms with Gasteiger partial charge in [-0.15, -0.1) is 0 Å². The highest BCUT2D eigenvalue weighted by atomic mass is 16.5. The van der Waals surface area contributed by atoms with Crippen molar-refractivity contribution in [3.63, 3.8) is 0 Å². The second kappa shape index (κ2) is 9.32. The summed E-state index contributed by atoms with van der Waals surface area (Å²) < 4.78 is 5.09. The summed E-state index contributed by atoms with van der Waals surface area (Å²) in [6.45, 7) is 2.09. The average molecular weight is 341 g/mol. The monoisotopic (exact) mass is 341 g/mol. The molecule has 0 aromatic heterocycles. The summed E-state index contributed by atoms with van der Waals surface area (Å²) in [6.07, 6.45) is 1.27. The van der Waals surface area contributed by atoms with Crippen molar-refractivity contribution in [2.45, 2.75) is 19.8 Å². The second-order valence-corrected chi connectivity index (χ2v) is 5.51. The van der Waals surface area contributed by atoms with Crippen LogP contribution in [0.25, 0.3) is 0 Å². The molecule has 0 fully saturated rings. The second-order valence-electron chi connectivity index (χ2n) is 5.51. The quantitative estimate of drug-likeness (QED) is 0.687. The van der Waals surface area contributed by atoms with Crippen molar-refractivity contribution >= 4 is 28.9 Å². The van der Waals surface area contributed by atoms with E-state index in [4.69, 9.17) is 4.74 Å². The molecule has 2 amide bonds. The molecule has 6 heteroatoms. The van der Waals surface area contributed by atoms with Crippen molar-refractivity contribution in [2.24, 2.45) is 0 Å². The lowest BCUT2D eigenvalue weighted by Gasteiger charge is -2.10. The van der Waals surface area contributed by atoms with Crippen molar-refractivity contribution in [3.8, 4) is 5.75 Å². The van der Waals surface area contributed by atoms with Crippen LogP contribution >= 0.6 is 0 Å². The maximum atomic E-state index is 12.1. The molecule has 0 heterocycles. The van der Waals surface area contributed by atoms with Crippen LogP contribution < -0.4 is 20.7 Å². The number of anilines is 3. The fourth-order valence-electron chi connectivity index (χ4n) is 2.22. The minimum atomic E-state index is -0.173. The van der Waals surface area contributed by atoms with E-state index in [2.05, 4.69) is 16.0 Å². The van der Waals surface area contributed by atoms with Crippen molar-refractivity contribution in [1.29, 1.82) is 0 Å². The minimum absolute atomic E-state index is 0.0350. The van der Waals surface area contributed by atoms with E-state index in [9.17, 15) is 9.59 Å². The van der Waals surface area contributed by atoms with Crippen molar-refractivity contribution in [1.82, 2.24) is 0 Å². The molecular formula is C19H23N3O3. The number of amides is 2. The van der Waals surface area contributed by atoms with Gasteiger partial charge in [-0.2, -0.15) is 0 Å². The fourth-order valence-corrected chi connectivity index (χ4v) is 2.22. The third-order valence-electron chi connectivity index (χ3n) is 3.45. The minimum Gasteiger partial charge on any atom is -0.497 e. The molecule has 0 unspecified atom stereocenters. The van der Waals surface area contributed by atoms with Crippen LogP contribution in [-0.2, 0) is 9.59 Å². The molecule has 0 aliphatic heterocycles. The van der Waals surface area contributed by atoms with E-state index in [-0.39, 0.29) is 18.4 Å². The molecule has 0 aliphatic carbocycles.